The molecule has 0 unspecified atom stereocenters. The highest BCUT2D eigenvalue weighted by Crippen LogP contribution is 2.21. The van der Waals surface area contributed by atoms with Crippen LogP contribution in [0.4, 0.5) is 0 Å². The standard InChI is InChI=1S/C11H6BrNO2/c12-6-3-7-13-10(14)8-4-1-2-5-9(8)11(13)15/h1-2,4-5H,6H2. The summed E-state index contributed by atoms with van der Waals surface area (Å²) in [5.74, 6) is 1.95. The maximum atomic E-state index is 11.7. The monoisotopic (exact) mass is 263 g/mol. The third kappa shape index (κ3) is 1.55. The number of hydrogen-bond donors (Lipinski definition) is 0. The van der Waals surface area contributed by atoms with Crippen molar-refractivity contribution in [1.82, 2.24) is 4.90 Å². The van der Waals surface area contributed by atoms with E-state index < -0.39 is 0 Å². The number of halogens is 1. The summed E-state index contributed by atoms with van der Waals surface area (Å²) in [6, 6.07) is 9.23. The zero-order valence-electron chi connectivity index (χ0n) is 7.66. The van der Waals surface area contributed by atoms with Gasteiger partial charge in [0.05, 0.1) is 16.5 Å². The Morgan fingerprint density at radius 2 is 1.67 bits per heavy atom. The fourth-order valence-electron chi connectivity index (χ4n) is 1.40. The molecule has 1 aliphatic rings. The predicted molar refractivity (Wildman–Crippen MR) is 58.5 cm³/mol. The van der Waals surface area contributed by atoms with E-state index in [1.165, 1.54) is 0 Å². The van der Waals surface area contributed by atoms with Crippen molar-refractivity contribution in [2.45, 2.75) is 0 Å². The number of carbonyl (C=O) groups excluding carboxylic acids is 2. The number of fused-ring (bicyclic) bond motifs is 1. The highest BCUT2D eigenvalue weighted by Gasteiger charge is 2.34. The molecule has 0 atom stereocenters. The number of carbonyl (C=O) groups is 2. The summed E-state index contributed by atoms with van der Waals surface area (Å²) in [5.41, 5.74) is 0.845. The van der Waals surface area contributed by atoms with E-state index >= 15 is 0 Å². The highest BCUT2D eigenvalue weighted by atomic mass is 79.9. The van der Waals surface area contributed by atoms with Crippen molar-refractivity contribution in [3.05, 3.63) is 35.4 Å². The number of hydrogen-bond acceptors (Lipinski definition) is 2. The van der Waals surface area contributed by atoms with Crippen LogP contribution in [0.2, 0.25) is 0 Å². The van der Waals surface area contributed by atoms with Crippen molar-refractivity contribution in [1.29, 1.82) is 0 Å². The van der Waals surface area contributed by atoms with Gasteiger partial charge in [-0.1, -0.05) is 34.0 Å². The molecule has 0 aromatic heterocycles. The molecule has 0 spiro atoms. The maximum absolute atomic E-state index is 11.7. The third-order valence-electron chi connectivity index (χ3n) is 2.05. The van der Waals surface area contributed by atoms with E-state index in [0.29, 0.717) is 16.5 Å². The highest BCUT2D eigenvalue weighted by molar-refractivity contribution is 9.09. The molecule has 15 heavy (non-hydrogen) atoms. The molecule has 4 heteroatoms. The van der Waals surface area contributed by atoms with Crippen molar-refractivity contribution in [2.24, 2.45) is 0 Å². The first-order chi connectivity index (χ1) is 7.25. The molecule has 3 nitrogen and oxygen atoms in total. The van der Waals surface area contributed by atoms with E-state index in [-0.39, 0.29) is 11.8 Å². The van der Waals surface area contributed by atoms with E-state index in [1.54, 1.807) is 24.3 Å². The molecule has 0 aliphatic carbocycles. The van der Waals surface area contributed by atoms with Gasteiger partial charge < -0.3 is 0 Å². The minimum atomic E-state index is -0.343. The average Bonchev–Trinajstić information content (AvgIpc) is 2.51. The van der Waals surface area contributed by atoms with Crippen molar-refractivity contribution in [3.8, 4) is 12.0 Å². The summed E-state index contributed by atoms with van der Waals surface area (Å²) >= 11 is 3.11. The number of amides is 2. The smallest absolute Gasteiger partial charge is 0.267 e. The van der Waals surface area contributed by atoms with Crippen LogP contribution >= 0.6 is 15.9 Å². The van der Waals surface area contributed by atoms with Gasteiger partial charge in [-0.3, -0.25) is 9.59 Å². The fourth-order valence-corrected chi connectivity index (χ4v) is 1.53. The molecule has 0 radical (unpaired) electrons. The zero-order valence-corrected chi connectivity index (χ0v) is 9.24. The average molecular weight is 264 g/mol. The number of alkyl halides is 1. The van der Waals surface area contributed by atoms with Crippen LogP contribution < -0.4 is 0 Å². The Morgan fingerprint density at radius 3 is 2.13 bits per heavy atom. The van der Waals surface area contributed by atoms with Crippen molar-refractivity contribution in [2.75, 3.05) is 5.33 Å². The van der Waals surface area contributed by atoms with Crippen LogP contribution in [-0.4, -0.2) is 22.0 Å². The minimum absolute atomic E-state index is 0.343. The van der Waals surface area contributed by atoms with Gasteiger partial charge >= 0.3 is 0 Å². The first kappa shape index (κ1) is 9.94. The van der Waals surface area contributed by atoms with Crippen LogP contribution in [0.3, 0.4) is 0 Å². The van der Waals surface area contributed by atoms with Gasteiger partial charge in [0.1, 0.15) is 0 Å². The zero-order chi connectivity index (χ0) is 10.8. The van der Waals surface area contributed by atoms with Crippen LogP contribution in [-0.2, 0) is 0 Å². The molecule has 0 fully saturated rings. The van der Waals surface area contributed by atoms with Crippen molar-refractivity contribution in [3.63, 3.8) is 0 Å². The Kier molecular flexibility index (Phi) is 2.57. The lowest BCUT2D eigenvalue weighted by Gasteiger charge is -2.01. The molecule has 2 amide bonds. The Labute approximate surface area is 95.2 Å². The van der Waals surface area contributed by atoms with Gasteiger partial charge in [0.25, 0.3) is 11.8 Å². The van der Waals surface area contributed by atoms with Gasteiger partial charge in [0.15, 0.2) is 0 Å². The van der Waals surface area contributed by atoms with Crippen molar-refractivity contribution < 1.29 is 9.59 Å². The number of benzene rings is 1. The molecule has 1 aliphatic heterocycles. The van der Waals surface area contributed by atoms with Crippen LogP contribution in [0.5, 0.6) is 0 Å². The molecule has 1 heterocycles. The van der Waals surface area contributed by atoms with E-state index in [2.05, 4.69) is 27.9 Å². The topological polar surface area (TPSA) is 37.4 Å². The molecule has 2 rings (SSSR count). The first-order valence-corrected chi connectivity index (χ1v) is 5.40. The van der Waals surface area contributed by atoms with Crippen LogP contribution in [0, 0.1) is 12.0 Å². The van der Waals surface area contributed by atoms with E-state index in [0.717, 1.165) is 4.90 Å². The second-order valence-electron chi connectivity index (χ2n) is 2.91. The summed E-state index contributed by atoms with van der Waals surface area (Å²) in [6.45, 7) is 0. The second-order valence-corrected chi connectivity index (χ2v) is 3.47. The normalized spacial score (nSPS) is 13.5. The number of rotatable bonds is 0. The van der Waals surface area contributed by atoms with Gasteiger partial charge in [0.2, 0.25) is 0 Å². The van der Waals surface area contributed by atoms with E-state index in [1.807, 2.05) is 0 Å². The summed E-state index contributed by atoms with van der Waals surface area (Å²) in [4.78, 5) is 24.4. The molecule has 0 saturated carbocycles. The summed E-state index contributed by atoms with van der Waals surface area (Å²) in [5, 5.41) is 0.431. The molecule has 0 bridgehead atoms. The Morgan fingerprint density at radius 1 is 1.13 bits per heavy atom. The predicted octanol–water partition coefficient (Wildman–Crippen LogP) is 1.64. The SMILES string of the molecule is O=C1c2ccccc2C(=O)N1C#CCBr. The van der Waals surface area contributed by atoms with Gasteiger partial charge in [-0.05, 0) is 12.1 Å². The summed E-state index contributed by atoms with van der Waals surface area (Å²) < 4.78 is 0. The molecule has 0 saturated heterocycles. The first-order valence-electron chi connectivity index (χ1n) is 4.28. The van der Waals surface area contributed by atoms with Crippen LogP contribution in [0.15, 0.2) is 24.3 Å². The third-order valence-corrected chi connectivity index (χ3v) is 2.33. The van der Waals surface area contributed by atoms with Crippen molar-refractivity contribution >= 4 is 27.7 Å². The molecule has 1 aromatic rings. The largest absolute Gasteiger partial charge is 0.273 e. The van der Waals surface area contributed by atoms with Gasteiger partial charge in [-0.25, -0.2) is 0 Å². The lowest BCUT2D eigenvalue weighted by atomic mass is 10.1. The lowest BCUT2D eigenvalue weighted by molar-refractivity contribution is 0.0735. The molecule has 0 N–H and O–H groups in total. The quantitative estimate of drug-likeness (QED) is 0.406. The van der Waals surface area contributed by atoms with Crippen LogP contribution in [0.1, 0.15) is 20.7 Å². The number of imide groups is 1. The van der Waals surface area contributed by atoms with Crippen LogP contribution in [0.25, 0.3) is 0 Å². The summed E-state index contributed by atoms with van der Waals surface area (Å²) in [7, 11) is 0. The fraction of sp³-hybridized carbons (Fsp3) is 0.0909. The second kappa shape index (κ2) is 3.87. The van der Waals surface area contributed by atoms with E-state index in [9.17, 15) is 9.59 Å². The maximum Gasteiger partial charge on any atom is 0.273 e. The summed E-state index contributed by atoms with van der Waals surface area (Å²) in [6.07, 6.45) is 0. The molecular weight excluding hydrogens is 258 g/mol. The molecule has 74 valence electrons. The Balaban J connectivity index is 2.46. The lowest BCUT2D eigenvalue weighted by Crippen LogP contribution is -2.24. The molecule has 1 aromatic carbocycles. The Bertz CT molecular complexity index is 464. The van der Waals surface area contributed by atoms with Gasteiger partial charge in [-0.15, -0.1) is 0 Å². The van der Waals surface area contributed by atoms with Gasteiger partial charge in [-0.2, -0.15) is 4.90 Å². The minimum Gasteiger partial charge on any atom is -0.267 e. The Hall–Kier alpha value is -1.60. The van der Waals surface area contributed by atoms with E-state index in [4.69, 9.17) is 0 Å². The molecular formula is C11H6BrNO2. The number of nitrogens with zero attached hydrogens (tertiary/aromatic N) is 1. The van der Waals surface area contributed by atoms with Gasteiger partial charge in [0, 0.05) is 6.04 Å².